The van der Waals surface area contributed by atoms with Crippen LogP contribution in [0.3, 0.4) is 0 Å². The van der Waals surface area contributed by atoms with Crippen LogP contribution >= 0.6 is 7.82 Å². The van der Waals surface area contributed by atoms with E-state index >= 15 is 0 Å². The molecule has 3 N–H and O–H groups in total. The van der Waals surface area contributed by atoms with E-state index in [1.807, 2.05) is 0 Å². The molecule has 104 valence electrons. The van der Waals surface area contributed by atoms with E-state index in [0.717, 1.165) is 13.2 Å². The number of nitrogens with one attached hydrogen (secondary N) is 1. The van der Waals surface area contributed by atoms with E-state index in [1.54, 1.807) is 0 Å². The third kappa shape index (κ3) is 3.58. The number of likely N-dealkylation sites (N-methyl/N-ethyl adjacent to an activating group) is 1. The van der Waals surface area contributed by atoms with Gasteiger partial charge in [-0.2, -0.15) is 0 Å². The van der Waals surface area contributed by atoms with Gasteiger partial charge in [-0.25, -0.2) is 4.57 Å². The molecule has 0 spiro atoms. The van der Waals surface area contributed by atoms with Crippen LogP contribution in [0.15, 0.2) is 24.4 Å². The molecule has 2 aromatic rings. The van der Waals surface area contributed by atoms with Crippen molar-refractivity contribution in [2.75, 3.05) is 20.5 Å². The first kappa shape index (κ1) is 7.45. The van der Waals surface area contributed by atoms with Crippen LogP contribution in [0.5, 0.6) is 5.75 Å². The number of hydrogen-bond acceptors (Lipinski definition) is 3. The molecule has 0 aliphatic rings. The van der Waals surface area contributed by atoms with E-state index in [2.05, 4.69) is 9.51 Å². The normalized spacial score (nSPS) is 19.9. The van der Waals surface area contributed by atoms with Crippen molar-refractivity contribution in [2.24, 2.45) is 0 Å². The van der Waals surface area contributed by atoms with E-state index in [4.69, 9.17) is 19.4 Å². The fourth-order valence-electron chi connectivity index (χ4n) is 1.60. The summed E-state index contributed by atoms with van der Waals surface area (Å²) in [6, 6.07) is 4.08. The number of phosphoric acid groups is 1. The van der Waals surface area contributed by atoms with Crippen molar-refractivity contribution in [1.82, 2.24) is 9.88 Å². The van der Waals surface area contributed by atoms with Gasteiger partial charge in [0.25, 0.3) is 0 Å². The summed E-state index contributed by atoms with van der Waals surface area (Å²) < 4.78 is 70.3. The van der Waals surface area contributed by atoms with Crippen molar-refractivity contribution < 1.29 is 28.5 Å². The van der Waals surface area contributed by atoms with Gasteiger partial charge in [-0.05, 0) is 38.1 Å². The molecule has 2 rings (SSSR count). The van der Waals surface area contributed by atoms with Gasteiger partial charge in [0.1, 0.15) is 5.75 Å². The van der Waals surface area contributed by atoms with E-state index < -0.39 is 27.7 Å². The average molecular weight is 291 g/mol. The van der Waals surface area contributed by atoms with Gasteiger partial charge in [0.15, 0.2) is 0 Å². The van der Waals surface area contributed by atoms with Gasteiger partial charge in [-0.15, -0.1) is 0 Å². The van der Waals surface area contributed by atoms with Gasteiger partial charge >= 0.3 is 7.82 Å². The first-order valence-corrected chi connectivity index (χ1v) is 6.72. The number of rotatable bonds is 5. The van der Waals surface area contributed by atoms with E-state index in [1.165, 1.54) is 18.2 Å². The summed E-state index contributed by atoms with van der Waals surface area (Å²) in [5, 5.41) is -0.0939. The molecule has 0 aliphatic heterocycles. The molecule has 0 fully saturated rings. The molecule has 0 saturated heterocycles. The second-order valence-electron chi connectivity index (χ2n) is 3.76. The van der Waals surface area contributed by atoms with Gasteiger partial charge in [0.05, 0.1) is 0 Å². The van der Waals surface area contributed by atoms with Crippen molar-refractivity contribution in [3.05, 3.63) is 30.0 Å². The summed E-state index contributed by atoms with van der Waals surface area (Å²) >= 11 is 0. The van der Waals surface area contributed by atoms with E-state index in [-0.39, 0.29) is 27.1 Å². The third-order valence-electron chi connectivity index (χ3n) is 2.24. The van der Waals surface area contributed by atoms with Gasteiger partial charge in [-0.3, -0.25) is 9.79 Å². The Labute approximate surface area is 121 Å². The molecule has 0 unspecified atom stereocenters. The molecule has 6 nitrogen and oxygen atoms in total. The molecule has 0 radical (unpaired) electrons. The maximum absolute atomic E-state index is 11.2. The van der Waals surface area contributed by atoms with Crippen LogP contribution in [0.25, 0.3) is 10.9 Å². The molecule has 1 aromatic heterocycles. The number of phosphoric ester groups is 1. The number of benzene rings is 1. The highest BCUT2D eigenvalue weighted by Gasteiger charge is 2.19. The zero-order valence-electron chi connectivity index (χ0n) is 16.9. The zero-order valence-corrected chi connectivity index (χ0v) is 10.8. The summed E-state index contributed by atoms with van der Waals surface area (Å²) in [6.07, 6.45) is -1.76. The standard InChI is InChI=1S/C12H17N2O4P/c1-14(2)7-6-9-8-13-10-4-3-5-11(12(9)10)18-19(15,16)17/h3-5,8,13H,6-7H2,1-2H3,(H2,15,16,17)/i1D3,6D2,7D2. The quantitative estimate of drug-likeness (QED) is 0.731. The summed E-state index contributed by atoms with van der Waals surface area (Å²) in [6.45, 7) is -5.89. The lowest BCUT2D eigenvalue weighted by Gasteiger charge is -2.11. The van der Waals surface area contributed by atoms with Crippen LogP contribution in [0, 0.1) is 0 Å². The number of aryl methyl sites for hydroxylation is 1. The van der Waals surface area contributed by atoms with Crippen molar-refractivity contribution in [3.8, 4) is 5.75 Å². The molecule has 7 heteroatoms. The SMILES string of the molecule is [2H]C([2H])([2H])N(C)C([2H])([2H])C([2H])([2H])c1c[nH]c2cccc(OP(=O)(O)O)c12. The van der Waals surface area contributed by atoms with Gasteiger partial charge in [-0.1, -0.05) is 6.07 Å². The molecule has 0 saturated carbocycles. The number of nitrogens with zero attached hydrogens (tertiary/aromatic N) is 1. The maximum atomic E-state index is 11.2. The first-order valence-electron chi connectivity index (χ1n) is 8.69. The Bertz CT molecular complexity index is 861. The lowest BCUT2D eigenvalue weighted by atomic mass is 10.1. The molecule has 1 aromatic carbocycles. The van der Waals surface area contributed by atoms with E-state index in [0.29, 0.717) is 0 Å². The Morgan fingerprint density at radius 3 is 3.05 bits per heavy atom. The Balaban J connectivity index is 2.67. The second-order valence-corrected chi connectivity index (χ2v) is 4.92. The molecule has 0 bridgehead atoms. The van der Waals surface area contributed by atoms with Crippen LogP contribution in [0.4, 0.5) is 0 Å². The number of H-pyrrole nitrogens is 1. The highest BCUT2D eigenvalue weighted by atomic mass is 31.2. The van der Waals surface area contributed by atoms with Crippen molar-refractivity contribution in [2.45, 2.75) is 6.37 Å². The fraction of sp³-hybridized carbons (Fsp3) is 0.333. The molecular formula is C12H17N2O4P. The molecule has 0 atom stereocenters. The molecule has 1 heterocycles. The third-order valence-corrected chi connectivity index (χ3v) is 2.68. The van der Waals surface area contributed by atoms with Gasteiger partial charge in [0, 0.05) is 33.2 Å². The Morgan fingerprint density at radius 2 is 2.37 bits per heavy atom. The van der Waals surface area contributed by atoms with Crippen LogP contribution < -0.4 is 4.52 Å². The van der Waals surface area contributed by atoms with Gasteiger partial charge < -0.3 is 14.4 Å². The minimum Gasteiger partial charge on any atom is -0.404 e. The number of hydrogen-bond donors (Lipinski definition) is 3. The van der Waals surface area contributed by atoms with Crippen LogP contribution in [0.2, 0.25) is 0 Å². The molecular weight excluding hydrogens is 267 g/mol. The van der Waals surface area contributed by atoms with Gasteiger partial charge in [0.2, 0.25) is 0 Å². The fourth-order valence-corrected chi connectivity index (χ4v) is 2.01. The summed E-state index contributed by atoms with van der Waals surface area (Å²) in [7, 11) is -4.03. The molecule has 0 amide bonds. The average Bonchev–Trinajstić information content (AvgIpc) is 2.89. The van der Waals surface area contributed by atoms with Crippen molar-refractivity contribution >= 4 is 18.7 Å². The molecule has 19 heavy (non-hydrogen) atoms. The van der Waals surface area contributed by atoms with Crippen molar-refractivity contribution in [1.29, 1.82) is 0 Å². The lowest BCUT2D eigenvalue weighted by Crippen LogP contribution is -2.14. The van der Waals surface area contributed by atoms with Crippen LogP contribution in [0.1, 0.15) is 15.2 Å². The Kier molecular flexibility index (Phi) is 2.10. The zero-order chi connectivity index (χ0) is 20.1. The highest BCUT2D eigenvalue weighted by Crippen LogP contribution is 2.41. The minimum atomic E-state index is -4.96. The summed E-state index contributed by atoms with van der Waals surface area (Å²) in [5.41, 5.74) is -0.0974. The lowest BCUT2D eigenvalue weighted by molar-refractivity contribution is 0.284. The largest absolute Gasteiger partial charge is 0.524 e. The first-order chi connectivity index (χ1) is 11.6. The smallest absolute Gasteiger partial charge is 0.404 e. The van der Waals surface area contributed by atoms with Crippen LogP contribution in [-0.4, -0.2) is 40.2 Å². The predicted octanol–water partition coefficient (Wildman–Crippen LogP) is 1.74. The Hall–Kier alpha value is -1.33. The number of aromatic nitrogens is 1. The van der Waals surface area contributed by atoms with E-state index in [9.17, 15) is 4.57 Å². The molecule has 0 aliphatic carbocycles. The second kappa shape index (κ2) is 5.35. The maximum Gasteiger partial charge on any atom is 0.524 e. The predicted molar refractivity (Wildman–Crippen MR) is 73.2 cm³/mol. The topological polar surface area (TPSA) is 85.8 Å². The summed E-state index contributed by atoms with van der Waals surface area (Å²) in [5.74, 6) is -0.358. The monoisotopic (exact) mass is 291 g/mol. The summed E-state index contributed by atoms with van der Waals surface area (Å²) in [4.78, 5) is 21.0. The Morgan fingerprint density at radius 1 is 1.58 bits per heavy atom. The number of fused-ring (bicyclic) bond motifs is 1. The van der Waals surface area contributed by atoms with Crippen LogP contribution in [-0.2, 0) is 10.9 Å². The minimum absolute atomic E-state index is 0.0939. The highest BCUT2D eigenvalue weighted by molar-refractivity contribution is 7.46. The number of aromatic amines is 1. The van der Waals surface area contributed by atoms with Crippen molar-refractivity contribution in [3.63, 3.8) is 0 Å².